The number of nitrogens with zero attached hydrogens (tertiary/aromatic N) is 1. The average molecular weight is 386 g/mol. The number of amides is 1. The lowest BCUT2D eigenvalue weighted by Crippen LogP contribution is -2.24. The summed E-state index contributed by atoms with van der Waals surface area (Å²) in [7, 11) is 2.93. The Bertz CT molecular complexity index is 894. The number of carbonyl (C=O) groups excluding carboxylic acids is 1. The van der Waals surface area contributed by atoms with E-state index in [0.29, 0.717) is 22.6 Å². The molecule has 1 atom stereocenters. The normalized spacial score (nSPS) is 11.7. The fourth-order valence-corrected chi connectivity index (χ4v) is 2.36. The maximum Gasteiger partial charge on any atom is 0.344 e. The van der Waals surface area contributed by atoms with Crippen molar-refractivity contribution in [2.75, 3.05) is 14.2 Å². The van der Waals surface area contributed by atoms with Crippen molar-refractivity contribution in [3.63, 3.8) is 0 Å². The summed E-state index contributed by atoms with van der Waals surface area (Å²) in [6.45, 7) is 3.30. The van der Waals surface area contributed by atoms with Crippen LogP contribution in [0, 0.1) is 6.92 Å². The predicted molar refractivity (Wildman–Crippen MR) is 104 cm³/mol. The minimum atomic E-state index is -1.12. The quantitative estimate of drug-likeness (QED) is 0.534. The minimum absolute atomic E-state index is 0.214. The highest BCUT2D eigenvalue weighted by atomic mass is 16.5. The SMILES string of the molecule is COc1cc(C)ccc1C(=O)N/N=C\c1cccc(OC)c1O[C@@H](C)C(=O)O. The first-order valence-corrected chi connectivity index (χ1v) is 8.41. The van der Waals surface area contributed by atoms with E-state index < -0.39 is 18.0 Å². The second-order valence-corrected chi connectivity index (χ2v) is 5.88. The van der Waals surface area contributed by atoms with Gasteiger partial charge in [-0.05, 0) is 43.7 Å². The van der Waals surface area contributed by atoms with Gasteiger partial charge in [0.25, 0.3) is 5.91 Å². The lowest BCUT2D eigenvalue weighted by molar-refractivity contribution is -0.144. The molecular formula is C20H22N2O6. The van der Waals surface area contributed by atoms with Gasteiger partial charge in [-0.15, -0.1) is 0 Å². The first kappa shape index (κ1) is 20.8. The number of carbonyl (C=O) groups is 2. The third kappa shape index (κ3) is 5.00. The number of para-hydroxylation sites is 1. The van der Waals surface area contributed by atoms with E-state index in [9.17, 15) is 9.59 Å². The molecule has 8 heteroatoms. The number of methoxy groups -OCH3 is 2. The summed E-state index contributed by atoms with van der Waals surface area (Å²) in [5.41, 5.74) is 4.17. The largest absolute Gasteiger partial charge is 0.496 e. The molecule has 28 heavy (non-hydrogen) atoms. The Kier molecular flexibility index (Phi) is 6.97. The predicted octanol–water partition coefficient (Wildman–Crippen LogP) is 2.63. The van der Waals surface area contributed by atoms with Gasteiger partial charge >= 0.3 is 5.97 Å². The third-order valence-electron chi connectivity index (χ3n) is 3.84. The van der Waals surface area contributed by atoms with Crippen LogP contribution in [-0.4, -0.2) is 43.5 Å². The van der Waals surface area contributed by atoms with E-state index in [1.54, 1.807) is 36.4 Å². The lowest BCUT2D eigenvalue weighted by atomic mass is 10.1. The fraction of sp³-hybridized carbons (Fsp3) is 0.250. The first-order chi connectivity index (χ1) is 13.4. The fourth-order valence-electron chi connectivity index (χ4n) is 2.36. The second kappa shape index (κ2) is 9.40. The Labute approximate surface area is 162 Å². The molecule has 0 aliphatic heterocycles. The van der Waals surface area contributed by atoms with E-state index in [2.05, 4.69) is 10.5 Å². The van der Waals surface area contributed by atoms with E-state index in [0.717, 1.165) is 5.56 Å². The van der Waals surface area contributed by atoms with Crippen molar-refractivity contribution in [2.45, 2.75) is 20.0 Å². The van der Waals surface area contributed by atoms with Gasteiger partial charge in [-0.25, -0.2) is 10.2 Å². The van der Waals surface area contributed by atoms with Gasteiger partial charge in [0.15, 0.2) is 17.6 Å². The number of benzene rings is 2. The van der Waals surface area contributed by atoms with Crippen LogP contribution in [-0.2, 0) is 4.79 Å². The van der Waals surface area contributed by atoms with Crippen LogP contribution in [0.5, 0.6) is 17.2 Å². The van der Waals surface area contributed by atoms with Crippen LogP contribution in [0.1, 0.15) is 28.4 Å². The van der Waals surface area contributed by atoms with E-state index >= 15 is 0 Å². The Morgan fingerprint density at radius 2 is 1.86 bits per heavy atom. The van der Waals surface area contributed by atoms with Crippen molar-refractivity contribution >= 4 is 18.1 Å². The monoisotopic (exact) mass is 386 g/mol. The van der Waals surface area contributed by atoms with E-state index in [-0.39, 0.29) is 5.75 Å². The van der Waals surface area contributed by atoms with Gasteiger partial charge in [-0.2, -0.15) is 5.10 Å². The number of rotatable bonds is 8. The van der Waals surface area contributed by atoms with Gasteiger partial charge < -0.3 is 19.3 Å². The Morgan fingerprint density at radius 1 is 1.14 bits per heavy atom. The van der Waals surface area contributed by atoms with Crippen molar-refractivity contribution in [1.82, 2.24) is 5.43 Å². The molecule has 0 saturated heterocycles. The lowest BCUT2D eigenvalue weighted by Gasteiger charge is -2.15. The van der Waals surface area contributed by atoms with Gasteiger partial charge in [0.1, 0.15) is 5.75 Å². The summed E-state index contributed by atoms with van der Waals surface area (Å²) < 4.78 is 15.9. The minimum Gasteiger partial charge on any atom is -0.496 e. The topological polar surface area (TPSA) is 106 Å². The molecule has 8 nitrogen and oxygen atoms in total. The number of hydrogen-bond donors (Lipinski definition) is 2. The molecule has 1 amide bonds. The molecule has 2 aromatic carbocycles. The van der Waals surface area contributed by atoms with Crippen molar-refractivity contribution < 1.29 is 28.9 Å². The summed E-state index contributed by atoms with van der Waals surface area (Å²) >= 11 is 0. The maximum absolute atomic E-state index is 12.4. The molecule has 0 fully saturated rings. The number of hydrazone groups is 1. The van der Waals surface area contributed by atoms with Gasteiger partial charge in [-0.1, -0.05) is 12.1 Å². The average Bonchev–Trinajstić information content (AvgIpc) is 2.68. The molecule has 0 bridgehead atoms. The van der Waals surface area contributed by atoms with Crippen LogP contribution in [0.15, 0.2) is 41.5 Å². The van der Waals surface area contributed by atoms with Crippen molar-refractivity contribution in [3.8, 4) is 17.2 Å². The molecule has 0 spiro atoms. The number of carboxylic acid groups (broad SMARTS) is 1. The number of hydrogen-bond acceptors (Lipinski definition) is 6. The van der Waals surface area contributed by atoms with Crippen LogP contribution in [0.2, 0.25) is 0 Å². The van der Waals surface area contributed by atoms with Gasteiger partial charge in [0.2, 0.25) is 0 Å². The van der Waals surface area contributed by atoms with E-state index in [1.165, 1.54) is 27.4 Å². The zero-order valence-corrected chi connectivity index (χ0v) is 16.1. The highest BCUT2D eigenvalue weighted by molar-refractivity contribution is 5.97. The van der Waals surface area contributed by atoms with Crippen molar-refractivity contribution in [3.05, 3.63) is 53.1 Å². The summed E-state index contributed by atoms with van der Waals surface area (Å²) in [5.74, 6) is -0.561. The Hall–Kier alpha value is -3.55. The van der Waals surface area contributed by atoms with Gasteiger partial charge in [-0.3, -0.25) is 4.79 Å². The summed E-state index contributed by atoms with van der Waals surface area (Å²) in [6, 6.07) is 10.2. The highest BCUT2D eigenvalue weighted by Crippen LogP contribution is 2.31. The number of aliphatic carboxylic acids is 1. The van der Waals surface area contributed by atoms with Crippen LogP contribution < -0.4 is 19.6 Å². The van der Waals surface area contributed by atoms with E-state index in [1.807, 2.05) is 6.92 Å². The molecule has 2 N–H and O–H groups in total. The van der Waals surface area contributed by atoms with Crippen molar-refractivity contribution in [2.24, 2.45) is 5.10 Å². The molecular weight excluding hydrogens is 364 g/mol. The first-order valence-electron chi connectivity index (χ1n) is 8.41. The van der Waals surface area contributed by atoms with Crippen LogP contribution in [0.4, 0.5) is 0 Å². The van der Waals surface area contributed by atoms with Gasteiger partial charge in [0, 0.05) is 5.56 Å². The number of carboxylic acids is 1. The summed E-state index contributed by atoms with van der Waals surface area (Å²) in [4.78, 5) is 23.5. The molecule has 0 heterocycles. The zero-order chi connectivity index (χ0) is 20.7. The van der Waals surface area contributed by atoms with Crippen LogP contribution in [0.25, 0.3) is 0 Å². The zero-order valence-electron chi connectivity index (χ0n) is 16.1. The Morgan fingerprint density at radius 3 is 2.50 bits per heavy atom. The number of aryl methyl sites for hydroxylation is 1. The molecule has 0 radical (unpaired) electrons. The highest BCUT2D eigenvalue weighted by Gasteiger charge is 2.18. The standard InChI is InChI=1S/C20H22N2O6/c1-12-8-9-15(17(10-12)27-4)19(23)22-21-11-14-6-5-7-16(26-3)18(14)28-13(2)20(24)25/h5-11,13H,1-4H3,(H,22,23)(H,24,25)/b21-11-/t13-/m0/s1. The molecule has 0 aromatic heterocycles. The molecule has 0 aliphatic carbocycles. The Balaban J connectivity index is 2.22. The molecule has 0 unspecified atom stereocenters. The van der Waals surface area contributed by atoms with Crippen LogP contribution in [0.3, 0.4) is 0 Å². The molecule has 2 rings (SSSR count). The molecule has 2 aromatic rings. The van der Waals surface area contributed by atoms with E-state index in [4.69, 9.17) is 19.3 Å². The van der Waals surface area contributed by atoms with Crippen LogP contribution >= 0.6 is 0 Å². The summed E-state index contributed by atoms with van der Waals surface area (Å²) in [6.07, 6.45) is 0.264. The van der Waals surface area contributed by atoms with Gasteiger partial charge in [0.05, 0.1) is 26.0 Å². The molecule has 148 valence electrons. The molecule has 0 aliphatic rings. The number of nitrogens with one attached hydrogen (secondary N) is 1. The molecule has 0 saturated carbocycles. The smallest absolute Gasteiger partial charge is 0.344 e. The maximum atomic E-state index is 12.4. The third-order valence-corrected chi connectivity index (χ3v) is 3.84. The second-order valence-electron chi connectivity index (χ2n) is 5.88. The summed E-state index contributed by atoms with van der Waals surface area (Å²) in [5, 5.41) is 13.0. The number of ether oxygens (including phenoxy) is 3. The van der Waals surface area contributed by atoms with Crippen molar-refractivity contribution in [1.29, 1.82) is 0 Å².